The molecule has 6 nitrogen and oxygen atoms in total. The molecule has 3 aromatic rings. The van der Waals surface area contributed by atoms with Crippen LogP contribution >= 0.6 is 8.03 Å². The van der Waals surface area contributed by atoms with Gasteiger partial charge in [0.25, 0.3) is 0 Å². The van der Waals surface area contributed by atoms with Crippen LogP contribution in [-0.2, 0) is 13.9 Å². The molecule has 192 valence electrons. The number of benzene rings is 2. The predicted molar refractivity (Wildman–Crippen MR) is 140 cm³/mol. The third-order valence-corrected chi connectivity index (χ3v) is 8.60. The number of hydrogen-bond acceptors (Lipinski definition) is 6. The maximum absolute atomic E-state index is 13.8. The lowest BCUT2D eigenvalue weighted by Gasteiger charge is -2.32. The standard InChI is InChI=1S/C28H33FNO5P/c1-7-28(19(5)31,36(33)34-6)27(32)35-26-23(20-13-15-22(29)16-14-20)18(4)25(30-24(26)17(2)3)21-11-9-8-10-12-21/h8-17,19,31,36H,7H2,1-6H3. The van der Waals surface area contributed by atoms with Gasteiger partial charge in [-0.1, -0.05) is 63.2 Å². The van der Waals surface area contributed by atoms with Crippen molar-refractivity contribution in [3.63, 3.8) is 0 Å². The number of esters is 1. The summed E-state index contributed by atoms with van der Waals surface area (Å²) in [6, 6.07) is 15.6. The van der Waals surface area contributed by atoms with Crippen molar-refractivity contribution in [1.29, 1.82) is 0 Å². The van der Waals surface area contributed by atoms with E-state index in [1.54, 1.807) is 19.1 Å². The van der Waals surface area contributed by atoms with Gasteiger partial charge in [-0.25, -0.2) is 9.37 Å². The van der Waals surface area contributed by atoms with Gasteiger partial charge in [-0.15, -0.1) is 0 Å². The topological polar surface area (TPSA) is 85.7 Å². The lowest BCUT2D eigenvalue weighted by molar-refractivity contribution is -0.140. The van der Waals surface area contributed by atoms with E-state index in [1.807, 2.05) is 51.1 Å². The average Bonchev–Trinajstić information content (AvgIpc) is 2.85. The number of aliphatic hydroxyl groups is 1. The summed E-state index contributed by atoms with van der Waals surface area (Å²) in [4.78, 5) is 18.6. The van der Waals surface area contributed by atoms with Crippen LogP contribution in [0, 0.1) is 12.7 Å². The summed E-state index contributed by atoms with van der Waals surface area (Å²) in [7, 11) is -1.77. The van der Waals surface area contributed by atoms with E-state index in [1.165, 1.54) is 26.2 Å². The molecular formula is C28H33FNO5P. The zero-order chi connectivity index (χ0) is 26.6. The second-order valence-electron chi connectivity index (χ2n) is 9.08. The Morgan fingerprint density at radius 3 is 2.19 bits per heavy atom. The van der Waals surface area contributed by atoms with Crippen LogP contribution in [0.2, 0.25) is 0 Å². The summed E-state index contributed by atoms with van der Waals surface area (Å²) in [6.45, 7) is 8.78. The van der Waals surface area contributed by atoms with Crippen molar-refractivity contribution in [2.24, 2.45) is 0 Å². The van der Waals surface area contributed by atoms with Crippen molar-refractivity contribution < 1.29 is 28.1 Å². The molecule has 0 aliphatic heterocycles. The van der Waals surface area contributed by atoms with Gasteiger partial charge in [0, 0.05) is 18.2 Å². The predicted octanol–water partition coefficient (Wildman–Crippen LogP) is 6.54. The molecular weight excluding hydrogens is 480 g/mol. The molecule has 0 saturated carbocycles. The first-order chi connectivity index (χ1) is 17.1. The first-order valence-corrected chi connectivity index (χ1v) is 13.2. The molecule has 8 heteroatoms. The number of carbonyl (C=O) groups is 1. The molecule has 2 aromatic carbocycles. The maximum Gasteiger partial charge on any atom is 0.329 e. The highest BCUT2D eigenvalue weighted by Crippen LogP contribution is 2.48. The van der Waals surface area contributed by atoms with Crippen molar-refractivity contribution in [3.05, 3.63) is 71.7 Å². The second kappa shape index (κ2) is 11.5. The number of nitrogens with zero attached hydrogens (tertiary/aromatic N) is 1. The number of aromatic nitrogens is 1. The van der Waals surface area contributed by atoms with Gasteiger partial charge in [-0.2, -0.15) is 0 Å². The summed E-state index contributed by atoms with van der Waals surface area (Å²) in [5, 5.41) is 8.81. The first-order valence-electron chi connectivity index (χ1n) is 11.9. The third kappa shape index (κ3) is 5.15. The van der Waals surface area contributed by atoms with Crippen LogP contribution in [-0.4, -0.2) is 34.4 Å². The zero-order valence-electron chi connectivity index (χ0n) is 21.5. The summed E-state index contributed by atoms with van der Waals surface area (Å²) in [5.41, 5.74) is 4.05. The smallest absolute Gasteiger partial charge is 0.329 e. The molecule has 1 aromatic heterocycles. The van der Waals surface area contributed by atoms with Gasteiger partial charge in [-0.05, 0) is 49.4 Å². The fraction of sp³-hybridized carbons (Fsp3) is 0.357. The molecule has 0 aliphatic carbocycles. The van der Waals surface area contributed by atoms with E-state index in [4.69, 9.17) is 14.2 Å². The number of carbonyl (C=O) groups excluding carboxylic acids is 1. The highest BCUT2D eigenvalue weighted by atomic mass is 31.1. The van der Waals surface area contributed by atoms with Crippen LogP contribution in [0.25, 0.3) is 22.4 Å². The molecule has 1 N–H and O–H groups in total. The minimum absolute atomic E-state index is 0.0482. The number of ether oxygens (including phenoxy) is 1. The molecule has 0 bridgehead atoms. The van der Waals surface area contributed by atoms with Crippen molar-refractivity contribution in [2.75, 3.05) is 7.11 Å². The molecule has 0 spiro atoms. The van der Waals surface area contributed by atoms with Gasteiger partial charge in [-0.3, -0.25) is 9.36 Å². The van der Waals surface area contributed by atoms with Crippen LogP contribution in [0.3, 0.4) is 0 Å². The summed E-state index contributed by atoms with van der Waals surface area (Å²) >= 11 is 0. The molecule has 0 saturated heterocycles. The van der Waals surface area contributed by atoms with Crippen molar-refractivity contribution in [2.45, 2.75) is 58.2 Å². The van der Waals surface area contributed by atoms with E-state index in [2.05, 4.69) is 0 Å². The van der Waals surface area contributed by atoms with Crippen molar-refractivity contribution in [3.8, 4) is 28.1 Å². The van der Waals surface area contributed by atoms with Crippen LogP contribution < -0.4 is 4.74 Å². The Kier molecular flexibility index (Phi) is 8.83. The fourth-order valence-electron chi connectivity index (χ4n) is 4.38. The average molecular weight is 514 g/mol. The van der Waals surface area contributed by atoms with Gasteiger partial charge >= 0.3 is 5.97 Å². The summed E-state index contributed by atoms with van der Waals surface area (Å²) in [6.07, 6.45) is -1.23. The number of hydrogen-bond donors (Lipinski definition) is 1. The quantitative estimate of drug-likeness (QED) is 0.258. The number of rotatable bonds is 9. The molecule has 0 radical (unpaired) electrons. The first kappa shape index (κ1) is 27.7. The Labute approximate surface area is 212 Å². The molecule has 3 rings (SSSR count). The van der Waals surface area contributed by atoms with Gasteiger partial charge in [0.2, 0.25) is 8.03 Å². The Balaban J connectivity index is 2.34. The van der Waals surface area contributed by atoms with Gasteiger partial charge in [0.05, 0.1) is 17.5 Å². The lowest BCUT2D eigenvalue weighted by atomic mass is 9.92. The minimum atomic E-state index is -3.02. The summed E-state index contributed by atoms with van der Waals surface area (Å²) < 4.78 is 37.8. The van der Waals surface area contributed by atoms with E-state index in [0.717, 1.165) is 11.1 Å². The highest BCUT2D eigenvalue weighted by Gasteiger charge is 2.50. The highest BCUT2D eigenvalue weighted by molar-refractivity contribution is 7.42. The van der Waals surface area contributed by atoms with Crippen LogP contribution in [0.1, 0.15) is 51.3 Å². The fourth-order valence-corrected chi connectivity index (χ4v) is 5.59. The molecule has 3 atom stereocenters. The normalized spacial score (nSPS) is 14.8. The Morgan fingerprint density at radius 1 is 1.08 bits per heavy atom. The second-order valence-corrected chi connectivity index (χ2v) is 11.0. The Hall–Kier alpha value is -2.86. The number of pyridine rings is 1. The van der Waals surface area contributed by atoms with Crippen molar-refractivity contribution >= 4 is 14.0 Å². The molecule has 0 aliphatic rings. The maximum atomic E-state index is 13.8. The Morgan fingerprint density at radius 2 is 1.69 bits per heavy atom. The van der Waals surface area contributed by atoms with E-state index in [-0.39, 0.29) is 18.1 Å². The van der Waals surface area contributed by atoms with Gasteiger partial charge < -0.3 is 14.4 Å². The van der Waals surface area contributed by atoms with Crippen LogP contribution in [0.5, 0.6) is 5.75 Å². The monoisotopic (exact) mass is 513 g/mol. The minimum Gasteiger partial charge on any atom is -0.423 e. The molecule has 1 heterocycles. The van der Waals surface area contributed by atoms with E-state index in [9.17, 15) is 18.9 Å². The van der Waals surface area contributed by atoms with E-state index in [0.29, 0.717) is 22.5 Å². The van der Waals surface area contributed by atoms with Crippen LogP contribution in [0.4, 0.5) is 4.39 Å². The third-order valence-electron chi connectivity index (χ3n) is 6.53. The molecule has 0 amide bonds. The largest absolute Gasteiger partial charge is 0.423 e. The molecule has 36 heavy (non-hydrogen) atoms. The van der Waals surface area contributed by atoms with Crippen molar-refractivity contribution in [1.82, 2.24) is 4.98 Å². The molecule has 3 unspecified atom stereocenters. The van der Waals surface area contributed by atoms with E-state index < -0.39 is 31.1 Å². The van der Waals surface area contributed by atoms with Gasteiger partial charge in [0.1, 0.15) is 5.82 Å². The number of aliphatic hydroxyl groups excluding tert-OH is 1. The lowest BCUT2D eigenvalue weighted by Crippen LogP contribution is -2.47. The SMILES string of the molecule is CCC(C(=O)Oc1c(C(C)C)nc(-c2ccccc2)c(C)c1-c1ccc(F)cc1)(C(C)O)[PH](=O)OC. The number of halogens is 1. The van der Waals surface area contributed by atoms with Gasteiger partial charge in [0.15, 0.2) is 10.9 Å². The van der Waals surface area contributed by atoms with Crippen LogP contribution in [0.15, 0.2) is 54.6 Å². The van der Waals surface area contributed by atoms with E-state index >= 15 is 0 Å². The zero-order valence-corrected chi connectivity index (χ0v) is 22.5. The summed E-state index contributed by atoms with van der Waals surface area (Å²) in [5.74, 6) is -1.21. The Bertz CT molecular complexity index is 1250. The molecule has 0 fully saturated rings.